The summed E-state index contributed by atoms with van der Waals surface area (Å²) in [6, 6.07) is 19.3. The molecule has 1 saturated carbocycles. The minimum atomic E-state index is 0.724. The number of nitriles is 1. The maximum Gasteiger partial charge on any atom is 0.0991 e. The zero-order valence-electron chi connectivity index (χ0n) is 15.1. The van der Waals surface area contributed by atoms with Gasteiger partial charge in [0.15, 0.2) is 0 Å². The quantitative estimate of drug-likeness (QED) is 0.528. The molecule has 3 rings (SSSR count). The van der Waals surface area contributed by atoms with Crippen molar-refractivity contribution in [2.45, 2.75) is 62.0 Å². The Morgan fingerprint density at radius 1 is 0.960 bits per heavy atom. The highest BCUT2D eigenvalue weighted by atomic mass is 32.2. The van der Waals surface area contributed by atoms with Gasteiger partial charge in [-0.15, -0.1) is 11.8 Å². The molecule has 1 nitrogen and oxygen atoms in total. The molecular weight excluding hydrogens is 322 g/mol. The molecule has 130 valence electrons. The molecule has 1 fully saturated rings. The Hall–Kier alpha value is -1.72. The zero-order chi connectivity index (χ0) is 17.5. The molecule has 2 aromatic carbocycles. The third kappa shape index (κ3) is 5.13. The molecule has 2 aromatic rings. The predicted octanol–water partition coefficient (Wildman–Crippen LogP) is 6.92. The van der Waals surface area contributed by atoms with E-state index in [0.29, 0.717) is 0 Å². The molecule has 0 amide bonds. The molecule has 0 N–H and O–H groups in total. The van der Waals surface area contributed by atoms with E-state index in [0.717, 1.165) is 23.2 Å². The summed E-state index contributed by atoms with van der Waals surface area (Å²) < 4.78 is 0. The van der Waals surface area contributed by atoms with Gasteiger partial charge in [-0.25, -0.2) is 0 Å². The number of thioether (sulfide) groups is 1. The molecule has 0 bridgehead atoms. The summed E-state index contributed by atoms with van der Waals surface area (Å²) in [6.07, 6.45) is 8.30. The fraction of sp³-hybridized carbons (Fsp3) is 0.435. The van der Waals surface area contributed by atoms with Crippen LogP contribution in [0.2, 0.25) is 0 Å². The van der Waals surface area contributed by atoms with Crippen LogP contribution in [-0.4, -0.2) is 0 Å². The Kier molecular flexibility index (Phi) is 6.59. The molecule has 0 heterocycles. The van der Waals surface area contributed by atoms with E-state index in [1.807, 2.05) is 36.0 Å². The fourth-order valence-electron chi connectivity index (χ4n) is 3.87. The second-order valence-electron chi connectivity index (χ2n) is 7.17. The van der Waals surface area contributed by atoms with Gasteiger partial charge in [0, 0.05) is 10.6 Å². The van der Waals surface area contributed by atoms with Gasteiger partial charge in [0.2, 0.25) is 0 Å². The first-order valence-corrected chi connectivity index (χ1v) is 10.5. The number of hydrogen-bond acceptors (Lipinski definition) is 2. The van der Waals surface area contributed by atoms with E-state index >= 15 is 0 Å². The molecular formula is C23H27NS. The Labute approximate surface area is 156 Å². The second kappa shape index (κ2) is 9.11. The van der Waals surface area contributed by atoms with Gasteiger partial charge in [0.1, 0.15) is 0 Å². The van der Waals surface area contributed by atoms with E-state index in [-0.39, 0.29) is 0 Å². The van der Waals surface area contributed by atoms with E-state index < -0.39 is 0 Å². The van der Waals surface area contributed by atoms with Gasteiger partial charge in [0.05, 0.1) is 11.6 Å². The Morgan fingerprint density at radius 2 is 1.64 bits per heavy atom. The molecule has 1 aliphatic carbocycles. The van der Waals surface area contributed by atoms with Crippen LogP contribution >= 0.6 is 11.8 Å². The second-order valence-corrected chi connectivity index (χ2v) is 8.22. The van der Waals surface area contributed by atoms with Crippen molar-refractivity contribution in [3.05, 3.63) is 65.2 Å². The van der Waals surface area contributed by atoms with Crippen molar-refractivity contribution in [2.24, 2.45) is 5.92 Å². The highest BCUT2D eigenvalue weighted by Gasteiger charge is 2.21. The Bertz CT molecular complexity index is 688. The molecule has 0 aromatic heterocycles. The highest BCUT2D eigenvalue weighted by molar-refractivity contribution is 7.98. The van der Waals surface area contributed by atoms with Crippen molar-refractivity contribution >= 4 is 11.8 Å². The van der Waals surface area contributed by atoms with E-state index in [4.69, 9.17) is 5.26 Å². The summed E-state index contributed by atoms with van der Waals surface area (Å²) >= 11 is 1.83. The van der Waals surface area contributed by atoms with Crippen LogP contribution in [0.5, 0.6) is 0 Å². The highest BCUT2D eigenvalue weighted by Crippen LogP contribution is 2.37. The zero-order valence-corrected chi connectivity index (χ0v) is 15.9. The summed E-state index contributed by atoms with van der Waals surface area (Å²) in [4.78, 5) is 1.22. The van der Waals surface area contributed by atoms with Gasteiger partial charge in [-0.05, 0) is 72.9 Å². The topological polar surface area (TPSA) is 23.8 Å². The lowest BCUT2D eigenvalue weighted by molar-refractivity contribution is 0.308. The predicted molar refractivity (Wildman–Crippen MR) is 107 cm³/mol. The first kappa shape index (κ1) is 18.1. The molecule has 0 unspecified atom stereocenters. The van der Waals surface area contributed by atoms with Crippen LogP contribution in [0.4, 0.5) is 0 Å². The van der Waals surface area contributed by atoms with Crippen molar-refractivity contribution in [2.75, 3.05) is 0 Å². The van der Waals surface area contributed by atoms with Gasteiger partial charge in [-0.3, -0.25) is 0 Å². The summed E-state index contributed by atoms with van der Waals surface area (Å²) in [5.74, 6) is 2.73. The van der Waals surface area contributed by atoms with Crippen LogP contribution in [-0.2, 0) is 5.75 Å². The molecule has 0 aliphatic heterocycles. The van der Waals surface area contributed by atoms with Gasteiger partial charge in [-0.1, -0.05) is 44.0 Å². The van der Waals surface area contributed by atoms with Crippen molar-refractivity contribution < 1.29 is 0 Å². The minimum absolute atomic E-state index is 0.724. The average molecular weight is 350 g/mol. The van der Waals surface area contributed by atoms with Crippen molar-refractivity contribution in [3.63, 3.8) is 0 Å². The third-order valence-electron chi connectivity index (χ3n) is 5.38. The van der Waals surface area contributed by atoms with Crippen molar-refractivity contribution in [1.29, 1.82) is 5.26 Å². The minimum Gasteiger partial charge on any atom is -0.192 e. The smallest absolute Gasteiger partial charge is 0.0991 e. The number of nitrogens with zero attached hydrogens (tertiary/aromatic N) is 1. The third-order valence-corrected chi connectivity index (χ3v) is 6.47. The van der Waals surface area contributed by atoms with E-state index in [2.05, 4.69) is 37.3 Å². The Balaban J connectivity index is 1.51. The van der Waals surface area contributed by atoms with Gasteiger partial charge in [0.25, 0.3) is 0 Å². The molecule has 1 aliphatic rings. The van der Waals surface area contributed by atoms with Crippen LogP contribution in [0.3, 0.4) is 0 Å². The Morgan fingerprint density at radius 3 is 2.24 bits per heavy atom. The molecule has 0 saturated heterocycles. The fourth-order valence-corrected chi connectivity index (χ4v) is 4.73. The van der Waals surface area contributed by atoms with Gasteiger partial charge < -0.3 is 0 Å². The standard InChI is InChI=1S/C23H27NS/c1-2-3-18-4-10-21(11-5-18)22-12-6-20(7-13-22)17-25-23-14-8-19(16-24)9-15-23/h6-9,12-15,18,21H,2-5,10-11,17H2,1H3/t18-,21-. The average Bonchev–Trinajstić information content (AvgIpc) is 2.68. The number of hydrogen-bond donors (Lipinski definition) is 0. The lowest BCUT2D eigenvalue weighted by atomic mass is 9.77. The van der Waals surface area contributed by atoms with Crippen LogP contribution in [0.25, 0.3) is 0 Å². The number of rotatable bonds is 6. The summed E-state index contributed by atoms with van der Waals surface area (Å²) in [5, 5.41) is 8.85. The van der Waals surface area contributed by atoms with Crippen LogP contribution in [0.1, 0.15) is 68.1 Å². The maximum absolute atomic E-state index is 8.85. The lowest BCUT2D eigenvalue weighted by Gasteiger charge is -2.28. The van der Waals surface area contributed by atoms with E-state index in [9.17, 15) is 0 Å². The summed E-state index contributed by atoms with van der Waals surface area (Å²) in [6.45, 7) is 2.31. The van der Waals surface area contributed by atoms with E-state index in [1.165, 1.54) is 54.5 Å². The van der Waals surface area contributed by atoms with Crippen molar-refractivity contribution in [1.82, 2.24) is 0 Å². The van der Waals surface area contributed by atoms with Crippen LogP contribution < -0.4 is 0 Å². The SMILES string of the molecule is CCC[C@H]1CC[C@H](c2ccc(CSc3ccc(C#N)cc3)cc2)CC1. The molecule has 0 radical (unpaired) electrons. The van der Waals surface area contributed by atoms with Crippen molar-refractivity contribution in [3.8, 4) is 6.07 Å². The van der Waals surface area contributed by atoms with Crippen LogP contribution in [0.15, 0.2) is 53.4 Å². The first-order valence-electron chi connectivity index (χ1n) is 9.50. The van der Waals surface area contributed by atoms with Gasteiger partial charge >= 0.3 is 0 Å². The van der Waals surface area contributed by atoms with Crippen LogP contribution in [0, 0.1) is 17.2 Å². The molecule has 25 heavy (non-hydrogen) atoms. The maximum atomic E-state index is 8.85. The van der Waals surface area contributed by atoms with Gasteiger partial charge in [-0.2, -0.15) is 5.26 Å². The summed E-state index contributed by atoms with van der Waals surface area (Å²) in [7, 11) is 0. The lowest BCUT2D eigenvalue weighted by Crippen LogP contribution is -2.13. The largest absolute Gasteiger partial charge is 0.192 e. The molecule has 2 heteroatoms. The molecule has 0 spiro atoms. The first-order chi connectivity index (χ1) is 12.3. The normalized spacial score (nSPS) is 20.2. The monoisotopic (exact) mass is 349 g/mol. The number of benzene rings is 2. The summed E-state index contributed by atoms with van der Waals surface area (Å²) in [5.41, 5.74) is 3.63. The molecule has 0 atom stereocenters. The van der Waals surface area contributed by atoms with E-state index in [1.54, 1.807) is 0 Å².